The summed E-state index contributed by atoms with van der Waals surface area (Å²) in [5.74, 6) is -2.59. The number of rotatable bonds is 2. The highest BCUT2D eigenvalue weighted by atomic mass is 16.5. The van der Waals surface area contributed by atoms with Crippen LogP contribution in [-0.4, -0.2) is 40.6 Å². The molecule has 1 aliphatic carbocycles. The molecule has 0 aromatic rings. The number of aliphatic hydroxyl groups is 1. The van der Waals surface area contributed by atoms with Gasteiger partial charge in [0.25, 0.3) is 0 Å². The molecular formula is C11H13NO5. The Kier molecular flexibility index (Phi) is 2.97. The summed E-state index contributed by atoms with van der Waals surface area (Å²) in [6, 6.07) is 0. The SMILES string of the molecule is CC(=O)OC1C=CCC2C(=O)N(CO)C(=O)C12. The van der Waals surface area contributed by atoms with Gasteiger partial charge in [0.15, 0.2) is 0 Å². The molecule has 0 spiro atoms. The van der Waals surface area contributed by atoms with E-state index >= 15 is 0 Å². The van der Waals surface area contributed by atoms with E-state index in [0.717, 1.165) is 4.90 Å². The Balaban J connectivity index is 2.27. The monoisotopic (exact) mass is 239 g/mol. The second-order valence-corrected chi connectivity index (χ2v) is 4.12. The van der Waals surface area contributed by atoms with E-state index in [9.17, 15) is 14.4 Å². The van der Waals surface area contributed by atoms with Gasteiger partial charge in [-0.25, -0.2) is 0 Å². The van der Waals surface area contributed by atoms with Gasteiger partial charge in [0.05, 0.1) is 11.8 Å². The topological polar surface area (TPSA) is 83.9 Å². The van der Waals surface area contributed by atoms with Crippen LogP contribution in [0.2, 0.25) is 0 Å². The lowest BCUT2D eigenvalue weighted by Crippen LogP contribution is -2.36. The number of likely N-dealkylation sites (tertiary alicyclic amines) is 1. The summed E-state index contributed by atoms with van der Waals surface area (Å²) < 4.78 is 5.01. The number of imide groups is 1. The number of carbonyl (C=O) groups is 3. The van der Waals surface area contributed by atoms with E-state index in [-0.39, 0.29) is 0 Å². The van der Waals surface area contributed by atoms with Crippen LogP contribution in [0.5, 0.6) is 0 Å². The van der Waals surface area contributed by atoms with E-state index in [1.165, 1.54) is 6.92 Å². The molecule has 3 atom stereocenters. The molecule has 2 aliphatic rings. The van der Waals surface area contributed by atoms with Crippen LogP contribution in [0.15, 0.2) is 12.2 Å². The predicted molar refractivity (Wildman–Crippen MR) is 55.2 cm³/mol. The molecule has 17 heavy (non-hydrogen) atoms. The first-order valence-electron chi connectivity index (χ1n) is 5.36. The van der Waals surface area contributed by atoms with Crippen molar-refractivity contribution in [2.75, 3.05) is 6.73 Å². The molecule has 2 rings (SSSR count). The van der Waals surface area contributed by atoms with Crippen molar-refractivity contribution in [1.82, 2.24) is 4.90 Å². The fourth-order valence-corrected chi connectivity index (χ4v) is 2.35. The molecule has 0 aromatic heterocycles. The summed E-state index contributed by atoms with van der Waals surface area (Å²) in [5.41, 5.74) is 0. The third-order valence-electron chi connectivity index (χ3n) is 3.08. The van der Waals surface area contributed by atoms with Crippen molar-refractivity contribution in [3.63, 3.8) is 0 Å². The van der Waals surface area contributed by atoms with Crippen LogP contribution >= 0.6 is 0 Å². The van der Waals surface area contributed by atoms with Gasteiger partial charge in [-0.2, -0.15) is 0 Å². The van der Waals surface area contributed by atoms with Crippen LogP contribution in [-0.2, 0) is 19.1 Å². The first-order valence-corrected chi connectivity index (χ1v) is 5.36. The number of esters is 1. The second-order valence-electron chi connectivity index (χ2n) is 4.12. The molecule has 1 fully saturated rings. The Morgan fingerprint density at radius 1 is 1.53 bits per heavy atom. The number of ether oxygens (including phenoxy) is 1. The minimum Gasteiger partial charge on any atom is -0.457 e. The van der Waals surface area contributed by atoms with E-state index in [1.807, 2.05) is 0 Å². The van der Waals surface area contributed by atoms with Crippen LogP contribution in [0.4, 0.5) is 0 Å². The van der Waals surface area contributed by atoms with E-state index in [2.05, 4.69) is 0 Å². The highest BCUT2D eigenvalue weighted by molar-refractivity contribution is 6.05. The molecule has 0 radical (unpaired) electrons. The van der Waals surface area contributed by atoms with Gasteiger partial charge in [-0.15, -0.1) is 0 Å². The van der Waals surface area contributed by atoms with Gasteiger partial charge < -0.3 is 9.84 Å². The number of nitrogens with zero attached hydrogens (tertiary/aromatic N) is 1. The zero-order valence-electron chi connectivity index (χ0n) is 9.33. The van der Waals surface area contributed by atoms with Gasteiger partial charge in [0, 0.05) is 6.92 Å². The van der Waals surface area contributed by atoms with Gasteiger partial charge >= 0.3 is 5.97 Å². The third kappa shape index (κ3) is 1.84. The van der Waals surface area contributed by atoms with Crippen LogP contribution in [0.1, 0.15) is 13.3 Å². The fraction of sp³-hybridized carbons (Fsp3) is 0.545. The summed E-state index contributed by atoms with van der Waals surface area (Å²) in [5, 5.41) is 8.98. The maximum absolute atomic E-state index is 11.9. The van der Waals surface area contributed by atoms with E-state index in [0.29, 0.717) is 6.42 Å². The predicted octanol–water partition coefficient (Wildman–Crippen LogP) is -0.571. The van der Waals surface area contributed by atoms with Crippen LogP contribution in [0, 0.1) is 11.8 Å². The van der Waals surface area contributed by atoms with Gasteiger partial charge in [-0.05, 0) is 12.5 Å². The quantitative estimate of drug-likeness (QED) is 0.396. The summed E-state index contributed by atoms with van der Waals surface area (Å²) >= 11 is 0. The number of fused-ring (bicyclic) bond motifs is 1. The minimum absolute atomic E-state index is 0.399. The van der Waals surface area contributed by atoms with Crippen LogP contribution in [0.3, 0.4) is 0 Å². The number of aliphatic hydroxyl groups excluding tert-OH is 1. The normalized spacial score (nSPS) is 31.6. The summed E-state index contributed by atoms with van der Waals surface area (Å²) in [6.07, 6.45) is 3.07. The molecule has 1 aliphatic heterocycles. The molecule has 6 nitrogen and oxygen atoms in total. The number of hydrogen-bond acceptors (Lipinski definition) is 5. The Morgan fingerprint density at radius 2 is 2.24 bits per heavy atom. The van der Waals surface area contributed by atoms with Crippen molar-refractivity contribution in [1.29, 1.82) is 0 Å². The van der Waals surface area contributed by atoms with Crippen molar-refractivity contribution >= 4 is 17.8 Å². The molecule has 6 heteroatoms. The van der Waals surface area contributed by atoms with Gasteiger partial charge in [0.2, 0.25) is 11.8 Å². The van der Waals surface area contributed by atoms with Crippen LogP contribution < -0.4 is 0 Å². The van der Waals surface area contributed by atoms with E-state index in [4.69, 9.17) is 9.84 Å². The molecule has 1 saturated heterocycles. The van der Waals surface area contributed by atoms with Crippen LogP contribution in [0.25, 0.3) is 0 Å². The van der Waals surface area contributed by atoms with Gasteiger partial charge in [-0.1, -0.05) is 6.08 Å². The molecule has 2 amide bonds. The number of hydrogen-bond donors (Lipinski definition) is 1. The first-order chi connectivity index (χ1) is 8.06. The Morgan fingerprint density at radius 3 is 2.82 bits per heavy atom. The fourth-order valence-electron chi connectivity index (χ4n) is 2.35. The Bertz CT molecular complexity index is 403. The van der Waals surface area contributed by atoms with Crippen molar-refractivity contribution < 1.29 is 24.2 Å². The molecule has 0 aromatic carbocycles. The van der Waals surface area contributed by atoms with Gasteiger partial charge in [0.1, 0.15) is 12.8 Å². The number of carbonyl (C=O) groups excluding carboxylic acids is 3. The largest absolute Gasteiger partial charge is 0.457 e. The lowest BCUT2D eigenvalue weighted by Gasteiger charge is -2.25. The summed E-state index contributed by atoms with van der Waals surface area (Å²) in [6.45, 7) is 0.625. The Hall–Kier alpha value is -1.69. The van der Waals surface area contributed by atoms with E-state index in [1.54, 1.807) is 12.2 Å². The molecule has 1 N–H and O–H groups in total. The molecule has 0 saturated carbocycles. The van der Waals surface area contributed by atoms with Gasteiger partial charge in [-0.3, -0.25) is 19.3 Å². The zero-order valence-corrected chi connectivity index (χ0v) is 9.33. The lowest BCUT2D eigenvalue weighted by atomic mass is 9.83. The van der Waals surface area contributed by atoms with Crippen molar-refractivity contribution in [3.05, 3.63) is 12.2 Å². The molecular weight excluding hydrogens is 226 g/mol. The standard InChI is InChI=1S/C11H13NO5/c1-6(14)17-8-4-2-3-7-9(8)11(16)12(5-13)10(7)15/h2,4,7-9,13H,3,5H2,1H3. The highest BCUT2D eigenvalue weighted by Gasteiger charge is 2.52. The maximum atomic E-state index is 11.9. The minimum atomic E-state index is -0.709. The Labute approximate surface area is 97.8 Å². The zero-order chi connectivity index (χ0) is 12.6. The summed E-state index contributed by atoms with van der Waals surface area (Å²) in [7, 11) is 0. The third-order valence-corrected chi connectivity index (χ3v) is 3.08. The summed E-state index contributed by atoms with van der Waals surface area (Å²) in [4.78, 5) is 35.4. The first kappa shape index (κ1) is 11.8. The maximum Gasteiger partial charge on any atom is 0.303 e. The molecule has 92 valence electrons. The number of amides is 2. The average Bonchev–Trinajstić information content (AvgIpc) is 2.52. The lowest BCUT2D eigenvalue weighted by molar-refractivity contribution is -0.150. The van der Waals surface area contributed by atoms with Crippen molar-refractivity contribution in [3.8, 4) is 0 Å². The second kappa shape index (κ2) is 4.29. The van der Waals surface area contributed by atoms with Crippen molar-refractivity contribution in [2.24, 2.45) is 11.8 Å². The molecule has 0 bridgehead atoms. The van der Waals surface area contributed by atoms with Crippen molar-refractivity contribution in [2.45, 2.75) is 19.4 Å². The molecule has 1 heterocycles. The van der Waals surface area contributed by atoms with E-state index < -0.39 is 42.5 Å². The number of allylic oxidation sites excluding steroid dienone is 1. The smallest absolute Gasteiger partial charge is 0.303 e. The highest BCUT2D eigenvalue weighted by Crippen LogP contribution is 2.36. The average molecular weight is 239 g/mol. The molecule has 3 unspecified atom stereocenters.